The third-order valence-corrected chi connectivity index (χ3v) is 14.4. The first-order chi connectivity index (χ1) is 29.6. The number of benzene rings is 3. The maximum absolute atomic E-state index is 13.5. The Bertz CT molecular complexity index is 2370. The van der Waals surface area contributed by atoms with E-state index in [1.807, 2.05) is 29.2 Å². The second-order valence-corrected chi connectivity index (χ2v) is 18.4. The highest BCUT2D eigenvalue weighted by atomic mass is 35.5. The number of nitriles is 1. The molecular formula is C50H51ClN4O6. The number of fused-ring (bicyclic) bond motifs is 2. The molecule has 61 heavy (non-hydrogen) atoms. The van der Waals surface area contributed by atoms with Gasteiger partial charge in [-0.15, -0.1) is 0 Å². The van der Waals surface area contributed by atoms with Gasteiger partial charge in [0.15, 0.2) is 5.78 Å². The molecule has 3 aromatic carbocycles. The molecule has 3 aliphatic heterocycles. The molecule has 0 radical (unpaired) electrons. The molecule has 3 amide bonds. The largest absolute Gasteiger partial charge is 0.490 e. The van der Waals surface area contributed by atoms with Crippen LogP contribution in [0.5, 0.6) is 5.75 Å². The van der Waals surface area contributed by atoms with Crippen LogP contribution in [0.1, 0.15) is 143 Å². The fraction of sp³-hybridized carbons (Fsp3) is 0.480. The van der Waals surface area contributed by atoms with Crippen molar-refractivity contribution >= 4 is 40.9 Å². The van der Waals surface area contributed by atoms with Crippen molar-refractivity contribution in [3.63, 3.8) is 0 Å². The molecule has 1 unspecified atom stereocenters. The van der Waals surface area contributed by atoms with E-state index in [1.165, 1.54) is 25.7 Å². The Morgan fingerprint density at radius 3 is 2.26 bits per heavy atom. The molecule has 0 N–H and O–H groups in total. The summed E-state index contributed by atoms with van der Waals surface area (Å²) in [6.45, 7) is 2.60. The maximum Gasteiger partial charge on any atom is 0.262 e. The van der Waals surface area contributed by atoms with Gasteiger partial charge in [0, 0.05) is 74.1 Å². The van der Waals surface area contributed by atoms with Crippen LogP contribution in [0.15, 0.2) is 54.6 Å². The van der Waals surface area contributed by atoms with Crippen LogP contribution in [-0.4, -0.2) is 81.3 Å². The third kappa shape index (κ3) is 8.63. The molecule has 314 valence electrons. The van der Waals surface area contributed by atoms with Gasteiger partial charge < -0.3 is 9.64 Å². The Morgan fingerprint density at radius 2 is 1.49 bits per heavy atom. The molecular weight excluding hydrogens is 788 g/mol. The molecule has 6 aliphatic rings. The van der Waals surface area contributed by atoms with E-state index in [9.17, 15) is 24.0 Å². The van der Waals surface area contributed by atoms with E-state index in [2.05, 4.69) is 28.9 Å². The van der Waals surface area contributed by atoms with E-state index >= 15 is 0 Å². The first-order valence-corrected chi connectivity index (χ1v) is 22.6. The molecule has 3 aromatic rings. The topological polar surface area (TPSA) is 128 Å². The Balaban J connectivity index is 0.703. The van der Waals surface area contributed by atoms with Crippen molar-refractivity contribution in [2.45, 2.75) is 127 Å². The zero-order valence-electron chi connectivity index (χ0n) is 34.5. The van der Waals surface area contributed by atoms with Crippen molar-refractivity contribution in [2.24, 2.45) is 11.8 Å². The summed E-state index contributed by atoms with van der Waals surface area (Å²) in [6, 6.07) is 18.7. The zero-order chi connectivity index (χ0) is 42.2. The molecule has 1 atom stereocenters. The van der Waals surface area contributed by atoms with Crippen molar-refractivity contribution in [3.05, 3.63) is 98.6 Å². The average Bonchev–Trinajstić information content (AvgIpc) is 3.70. The number of Topliss-reactive ketones (excluding diaryl/α,β-unsaturated/α-hetero) is 2. The van der Waals surface area contributed by atoms with E-state index in [0.717, 1.165) is 78.8 Å². The third-order valence-electron chi connectivity index (χ3n) is 14.1. The first kappa shape index (κ1) is 41.1. The normalized spacial score (nSPS) is 25.8. The zero-order valence-corrected chi connectivity index (χ0v) is 35.3. The van der Waals surface area contributed by atoms with Gasteiger partial charge in [0.25, 0.3) is 17.7 Å². The van der Waals surface area contributed by atoms with Crippen molar-refractivity contribution in [3.8, 4) is 23.7 Å². The molecule has 3 saturated carbocycles. The van der Waals surface area contributed by atoms with Gasteiger partial charge >= 0.3 is 0 Å². The van der Waals surface area contributed by atoms with Gasteiger partial charge in [-0.05, 0) is 137 Å². The van der Waals surface area contributed by atoms with Crippen LogP contribution in [0.2, 0.25) is 5.02 Å². The number of imide groups is 1. The number of amides is 3. The Kier molecular flexibility index (Phi) is 11.8. The number of rotatable bonds is 8. The summed E-state index contributed by atoms with van der Waals surface area (Å²) in [5, 5.41) is 9.53. The molecule has 0 aromatic heterocycles. The average molecular weight is 839 g/mol. The maximum atomic E-state index is 13.5. The molecule has 0 bridgehead atoms. The fourth-order valence-corrected chi connectivity index (χ4v) is 10.7. The summed E-state index contributed by atoms with van der Waals surface area (Å²) in [5.41, 5.74) is 5.01. The number of carbonyl (C=O) groups is 5. The smallest absolute Gasteiger partial charge is 0.262 e. The van der Waals surface area contributed by atoms with E-state index < -0.39 is 17.9 Å². The summed E-state index contributed by atoms with van der Waals surface area (Å²) in [7, 11) is 0. The SMILES string of the molecule is N#Cc1ccc(O[C@H]2CC[C@H](N3Cc4cc(C#CC5CN(C6CCC(CCc7ccc8c(c7)C(=O)N(C7CCC(=O)CCCC7=O)C8=O)CC6)C5)ccc4C3=O)CC2)cc1Cl. The predicted octanol–water partition coefficient (Wildman–Crippen LogP) is 8.10. The number of nitrogens with zero attached hydrogens (tertiary/aromatic N) is 4. The summed E-state index contributed by atoms with van der Waals surface area (Å²) >= 11 is 6.19. The molecule has 1 saturated heterocycles. The van der Waals surface area contributed by atoms with E-state index in [4.69, 9.17) is 21.6 Å². The van der Waals surface area contributed by atoms with Crippen LogP contribution in [0, 0.1) is 35.0 Å². The molecule has 0 spiro atoms. The number of likely N-dealkylation sites (tertiary alicyclic amines) is 1. The molecule has 3 aliphatic carbocycles. The van der Waals surface area contributed by atoms with Crippen molar-refractivity contribution in [1.29, 1.82) is 5.26 Å². The number of halogens is 1. The second-order valence-electron chi connectivity index (χ2n) is 18.0. The molecule has 4 fully saturated rings. The lowest BCUT2D eigenvalue weighted by Gasteiger charge is -2.45. The number of aryl methyl sites for hydroxylation is 1. The lowest BCUT2D eigenvalue weighted by Crippen LogP contribution is -2.52. The van der Waals surface area contributed by atoms with Crippen LogP contribution in [-0.2, 0) is 22.6 Å². The van der Waals surface area contributed by atoms with Crippen molar-refractivity contribution < 1.29 is 28.7 Å². The van der Waals surface area contributed by atoms with Crippen LogP contribution in [0.25, 0.3) is 0 Å². The van der Waals surface area contributed by atoms with Crippen molar-refractivity contribution in [2.75, 3.05) is 13.1 Å². The standard InChI is InChI=1S/C50H51ClN4O6/c51-45-26-41(18-12-35(45)27-52)61-40-19-15-38(16-20-40)54-30-36-24-32(10-21-42(36)48(54)58)6-7-34-28-53(29-34)37-13-8-31(9-14-37)4-5-33-11-22-43-44(25-33)50(60)55(49(43)59)46-23-17-39(56)2-1-3-47(46)57/h10-12,18,21-22,24-26,31,34,37-38,40,46H,1-5,8-9,13-17,19-20,23,28-30H2/t31?,37?,38-,40-,46?. The molecule has 9 rings (SSSR count). The van der Waals surface area contributed by atoms with Gasteiger partial charge in [-0.2, -0.15) is 5.26 Å². The van der Waals surface area contributed by atoms with Crippen LogP contribution in [0.4, 0.5) is 0 Å². The van der Waals surface area contributed by atoms with Gasteiger partial charge in [-0.3, -0.25) is 33.8 Å². The number of hydrogen-bond donors (Lipinski definition) is 0. The number of carbonyl (C=O) groups excluding carboxylic acids is 5. The summed E-state index contributed by atoms with van der Waals surface area (Å²) in [6.07, 6.45) is 11.6. The quantitative estimate of drug-likeness (QED) is 0.165. The fourth-order valence-electron chi connectivity index (χ4n) is 10.5. The molecule has 11 heteroatoms. The Hall–Kier alpha value is -5.29. The van der Waals surface area contributed by atoms with Gasteiger partial charge in [-0.25, -0.2) is 0 Å². The van der Waals surface area contributed by atoms with E-state index in [0.29, 0.717) is 64.7 Å². The van der Waals surface area contributed by atoms with Crippen LogP contribution >= 0.6 is 11.6 Å². The number of hydrogen-bond acceptors (Lipinski definition) is 8. The highest BCUT2D eigenvalue weighted by Crippen LogP contribution is 2.36. The van der Waals surface area contributed by atoms with Crippen LogP contribution < -0.4 is 4.74 Å². The molecule has 10 nitrogen and oxygen atoms in total. The van der Waals surface area contributed by atoms with Gasteiger partial charge in [0.05, 0.1) is 33.9 Å². The lowest BCUT2D eigenvalue weighted by molar-refractivity contribution is -0.125. The minimum atomic E-state index is -0.858. The number of ether oxygens (including phenoxy) is 1. The number of ketones is 2. The van der Waals surface area contributed by atoms with Crippen molar-refractivity contribution in [1.82, 2.24) is 14.7 Å². The predicted molar refractivity (Wildman–Crippen MR) is 229 cm³/mol. The summed E-state index contributed by atoms with van der Waals surface area (Å²) in [5.74, 6) is 7.78. The van der Waals surface area contributed by atoms with Gasteiger partial charge in [-0.1, -0.05) is 29.5 Å². The van der Waals surface area contributed by atoms with E-state index in [-0.39, 0.29) is 48.9 Å². The second kappa shape index (κ2) is 17.6. The Labute approximate surface area is 362 Å². The first-order valence-electron chi connectivity index (χ1n) is 22.2. The monoisotopic (exact) mass is 838 g/mol. The van der Waals surface area contributed by atoms with Crippen LogP contribution in [0.3, 0.4) is 0 Å². The highest BCUT2D eigenvalue weighted by Gasteiger charge is 2.43. The summed E-state index contributed by atoms with van der Waals surface area (Å²) in [4.78, 5) is 70.9. The van der Waals surface area contributed by atoms with Gasteiger partial charge in [0.2, 0.25) is 0 Å². The summed E-state index contributed by atoms with van der Waals surface area (Å²) < 4.78 is 6.17. The van der Waals surface area contributed by atoms with Gasteiger partial charge in [0.1, 0.15) is 17.6 Å². The Morgan fingerprint density at radius 1 is 0.738 bits per heavy atom. The minimum absolute atomic E-state index is 0.0538. The highest BCUT2D eigenvalue weighted by molar-refractivity contribution is 6.31. The van der Waals surface area contributed by atoms with E-state index in [1.54, 1.807) is 24.3 Å². The lowest BCUT2D eigenvalue weighted by atomic mass is 9.80. The molecule has 3 heterocycles. The minimum Gasteiger partial charge on any atom is -0.490 e.